The van der Waals surface area contributed by atoms with E-state index in [1.807, 2.05) is 32.2 Å². The standard InChI is InChI=1S/C15H15N3O2S/c1-10-12(9-16)15(18(2)17-10)21-11-4-5-13-14(8-11)20-7-3-6-19-13/h4-5,8H,3,6-7H2,1-2H3. The summed E-state index contributed by atoms with van der Waals surface area (Å²) < 4.78 is 13.1. The van der Waals surface area contributed by atoms with E-state index in [4.69, 9.17) is 9.47 Å². The van der Waals surface area contributed by atoms with Crippen molar-refractivity contribution in [2.75, 3.05) is 13.2 Å². The van der Waals surface area contributed by atoms with E-state index in [0.29, 0.717) is 18.8 Å². The number of hydrogen-bond acceptors (Lipinski definition) is 5. The first-order valence-corrected chi connectivity index (χ1v) is 7.52. The Hall–Kier alpha value is -2.13. The summed E-state index contributed by atoms with van der Waals surface area (Å²) in [5.74, 6) is 1.54. The first kappa shape index (κ1) is 13.8. The van der Waals surface area contributed by atoms with Crippen LogP contribution >= 0.6 is 11.8 Å². The number of aromatic nitrogens is 2. The number of hydrogen-bond donors (Lipinski definition) is 0. The Morgan fingerprint density at radius 3 is 2.81 bits per heavy atom. The van der Waals surface area contributed by atoms with Crippen LogP contribution in [0.2, 0.25) is 0 Å². The highest BCUT2D eigenvalue weighted by Crippen LogP contribution is 2.37. The fourth-order valence-electron chi connectivity index (χ4n) is 2.20. The Morgan fingerprint density at radius 2 is 2.05 bits per heavy atom. The molecule has 2 heterocycles. The minimum absolute atomic E-state index is 0.620. The molecule has 0 aliphatic carbocycles. The maximum atomic E-state index is 9.26. The van der Waals surface area contributed by atoms with Gasteiger partial charge in [0.2, 0.25) is 0 Å². The van der Waals surface area contributed by atoms with Crippen LogP contribution < -0.4 is 9.47 Å². The molecule has 0 spiro atoms. The summed E-state index contributed by atoms with van der Waals surface area (Å²) in [6.07, 6.45) is 0.886. The summed E-state index contributed by atoms with van der Waals surface area (Å²) in [4.78, 5) is 0.999. The third-order valence-corrected chi connectivity index (χ3v) is 4.37. The molecule has 2 aromatic rings. The van der Waals surface area contributed by atoms with Gasteiger partial charge in [0.15, 0.2) is 11.5 Å². The van der Waals surface area contributed by atoms with E-state index < -0.39 is 0 Å². The van der Waals surface area contributed by atoms with Gasteiger partial charge in [0.05, 0.1) is 18.9 Å². The van der Waals surface area contributed by atoms with Gasteiger partial charge in [-0.15, -0.1) is 0 Å². The Bertz CT molecular complexity index is 718. The van der Waals surface area contributed by atoms with Gasteiger partial charge in [0.25, 0.3) is 0 Å². The summed E-state index contributed by atoms with van der Waals surface area (Å²) in [5.41, 5.74) is 1.37. The van der Waals surface area contributed by atoms with Crippen molar-refractivity contribution in [3.05, 3.63) is 29.5 Å². The lowest BCUT2D eigenvalue weighted by molar-refractivity contribution is 0.297. The van der Waals surface area contributed by atoms with Crippen LogP contribution in [-0.4, -0.2) is 23.0 Å². The average molecular weight is 301 g/mol. The zero-order chi connectivity index (χ0) is 14.8. The molecule has 108 valence electrons. The normalized spacial score (nSPS) is 13.6. The van der Waals surface area contributed by atoms with Crippen LogP contribution in [0.1, 0.15) is 17.7 Å². The third-order valence-electron chi connectivity index (χ3n) is 3.21. The van der Waals surface area contributed by atoms with E-state index in [-0.39, 0.29) is 0 Å². The van der Waals surface area contributed by atoms with E-state index in [1.165, 1.54) is 11.8 Å². The van der Waals surface area contributed by atoms with Gasteiger partial charge in [-0.1, -0.05) is 11.8 Å². The molecule has 0 bridgehead atoms. The number of ether oxygens (including phenoxy) is 2. The highest BCUT2D eigenvalue weighted by molar-refractivity contribution is 7.99. The van der Waals surface area contributed by atoms with Gasteiger partial charge in [-0.05, 0) is 25.1 Å². The Kier molecular flexibility index (Phi) is 3.76. The van der Waals surface area contributed by atoms with Crippen LogP contribution in [0.4, 0.5) is 0 Å². The van der Waals surface area contributed by atoms with Crippen molar-refractivity contribution >= 4 is 11.8 Å². The number of aryl methyl sites for hydroxylation is 2. The smallest absolute Gasteiger partial charge is 0.162 e. The lowest BCUT2D eigenvalue weighted by Gasteiger charge is -2.09. The second-order valence-corrected chi connectivity index (χ2v) is 5.82. The van der Waals surface area contributed by atoms with Gasteiger partial charge in [-0.25, -0.2) is 0 Å². The number of rotatable bonds is 2. The third kappa shape index (κ3) is 2.69. The van der Waals surface area contributed by atoms with E-state index in [9.17, 15) is 5.26 Å². The van der Waals surface area contributed by atoms with Crippen LogP contribution in [-0.2, 0) is 7.05 Å². The molecule has 0 amide bonds. The van der Waals surface area contributed by atoms with Crippen molar-refractivity contribution in [2.24, 2.45) is 7.05 Å². The molecule has 1 aliphatic rings. The zero-order valence-electron chi connectivity index (χ0n) is 11.9. The highest BCUT2D eigenvalue weighted by Gasteiger charge is 2.16. The van der Waals surface area contributed by atoms with Crippen molar-refractivity contribution in [1.29, 1.82) is 5.26 Å². The second kappa shape index (κ2) is 5.70. The molecule has 0 fully saturated rings. The summed E-state index contributed by atoms with van der Waals surface area (Å²) in [5, 5.41) is 14.4. The van der Waals surface area contributed by atoms with Gasteiger partial charge >= 0.3 is 0 Å². The molecule has 0 radical (unpaired) electrons. The second-order valence-electron chi connectivity index (χ2n) is 4.76. The van der Waals surface area contributed by atoms with Crippen molar-refractivity contribution in [3.63, 3.8) is 0 Å². The minimum atomic E-state index is 0.620. The molecule has 1 aliphatic heterocycles. The number of nitriles is 1. The SMILES string of the molecule is Cc1nn(C)c(Sc2ccc3c(c2)OCCCO3)c1C#N. The Balaban J connectivity index is 1.93. The fourth-order valence-corrected chi connectivity index (χ4v) is 3.20. The number of benzene rings is 1. The highest BCUT2D eigenvalue weighted by atomic mass is 32.2. The van der Waals surface area contributed by atoms with Crippen molar-refractivity contribution in [1.82, 2.24) is 9.78 Å². The molecule has 6 heteroatoms. The molecule has 0 saturated heterocycles. The predicted molar refractivity (Wildman–Crippen MR) is 78.8 cm³/mol. The van der Waals surface area contributed by atoms with Crippen LogP contribution in [0.25, 0.3) is 0 Å². The van der Waals surface area contributed by atoms with E-state index in [2.05, 4.69) is 11.2 Å². The lowest BCUT2D eigenvalue weighted by atomic mass is 10.3. The molecular weight excluding hydrogens is 286 g/mol. The van der Waals surface area contributed by atoms with Gasteiger partial charge in [0, 0.05) is 18.4 Å². The van der Waals surface area contributed by atoms with Crippen molar-refractivity contribution < 1.29 is 9.47 Å². The summed E-state index contributed by atoms with van der Waals surface area (Å²) in [6, 6.07) is 8.06. The molecule has 0 saturated carbocycles. The van der Waals surface area contributed by atoms with Crippen molar-refractivity contribution in [3.8, 4) is 17.6 Å². The van der Waals surface area contributed by atoms with Crippen LogP contribution in [0.5, 0.6) is 11.5 Å². The average Bonchev–Trinajstić information content (AvgIpc) is 2.66. The fraction of sp³-hybridized carbons (Fsp3) is 0.333. The maximum Gasteiger partial charge on any atom is 0.162 e. The monoisotopic (exact) mass is 301 g/mol. The minimum Gasteiger partial charge on any atom is -0.490 e. The van der Waals surface area contributed by atoms with Gasteiger partial charge < -0.3 is 9.47 Å². The van der Waals surface area contributed by atoms with Crippen molar-refractivity contribution in [2.45, 2.75) is 23.3 Å². The van der Waals surface area contributed by atoms with Gasteiger partial charge in [-0.2, -0.15) is 10.4 Å². The molecule has 1 aromatic carbocycles. The van der Waals surface area contributed by atoms with Crippen LogP contribution in [0, 0.1) is 18.3 Å². The predicted octanol–water partition coefficient (Wildman–Crippen LogP) is 2.91. The number of nitrogens with zero attached hydrogens (tertiary/aromatic N) is 3. The zero-order valence-corrected chi connectivity index (χ0v) is 12.7. The molecule has 3 rings (SSSR count). The lowest BCUT2D eigenvalue weighted by Crippen LogP contribution is -1.97. The number of fused-ring (bicyclic) bond motifs is 1. The van der Waals surface area contributed by atoms with E-state index in [0.717, 1.165) is 33.5 Å². The van der Waals surface area contributed by atoms with Crippen LogP contribution in [0.3, 0.4) is 0 Å². The summed E-state index contributed by atoms with van der Waals surface area (Å²) in [6.45, 7) is 3.19. The molecule has 0 unspecified atom stereocenters. The summed E-state index contributed by atoms with van der Waals surface area (Å²) in [7, 11) is 1.85. The van der Waals surface area contributed by atoms with E-state index in [1.54, 1.807) is 4.68 Å². The van der Waals surface area contributed by atoms with Gasteiger partial charge in [0.1, 0.15) is 16.7 Å². The molecular formula is C15H15N3O2S. The topological polar surface area (TPSA) is 60.1 Å². The van der Waals surface area contributed by atoms with Crippen LogP contribution in [0.15, 0.2) is 28.1 Å². The molecule has 0 atom stereocenters. The molecule has 1 aromatic heterocycles. The Morgan fingerprint density at radius 1 is 1.29 bits per heavy atom. The largest absolute Gasteiger partial charge is 0.490 e. The van der Waals surface area contributed by atoms with Gasteiger partial charge in [-0.3, -0.25) is 4.68 Å². The summed E-state index contributed by atoms with van der Waals surface area (Å²) >= 11 is 1.51. The Labute approximate surface area is 127 Å². The molecule has 0 N–H and O–H groups in total. The quantitative estimate of drug-likeness (QED) is 0.853. The maximum absolute atomic E-state index is 9.26. The van der Waals surface area contributed by atoms with E-state index >= 15 is 0 Å². The molecule has 21 heavy (non-hydrogen) atoms. The first-order chi connectivity index (χ1) is 10.2. The first-order valence-electron chi connectivity index (χ1n) is 6.70. The molecule has 5 nitrogen and oxygen atoms in total.